The zero-order valence-corrected chi connectivity index (χ0v) is 10.9. The first-order chi connectivity index (χ1) is 8.70. The van der Waals surface area contributed by atoms with Crippen LogP contribution in [0.15, 0.2) is 0 Å². The summed E-state index contributed by atoms with van der Waals surface area (Å²) >= 11 is 0. The smallest absolute Gasteiger partial charge is 0.308 e. The molecular formula is C13H22FNO3. The molecule has 2 aliphatic rings. The van der Waals surface area contributed by atoms with E-state index in [1.54, 1.807) is 4.90 Å². The Kier molecular flexibility index (Phi) is 4.95. The Bertz CT molecular complexity index is 273. The molecule has 1 saturated heterocycles. The lowest BCUT2D eigenvalue weighted by Gasteiger charge is -2.30. The predicted molar refractivity (Wildman–Crippen MR) is 64.6 cm³/mol. The lowest BCUT2D eigenvalue weighted by molar-refractivity contribution is -0.176. The highest BCUT2D eigenvalue weighted by atomic mass is 19.1. The maximum Gasteiger partial charge on any atom is 0.308 e. The van der Waals surface area contributed by atoms with Crippen molar-refractivity contribution in [3.05, 3.63) is 0 Å². The SMILES string of the molecule is COC(=O)[C@H]1CC[C@H](OC(F)N2CCCC2)CC1. The molecule has 0 N–H and O–H groups in total. The highest BCUT2D eigenvalue weighted by molar-refractivity contribution is 5.72. The van der Waals surface area contributed by atoms with Gasteiger partial charge in [-0.3, -0.25) is 9.69 Å². The van der Waals surface area contributed by atoms with Crippen LogP contribution >= 0.6 is 0 Å². The third-order valence-electron chi connectivity index (χ3n) is 3.94. The largest absolute Gasteiger partial charge is 0.469 e. The van der Waals surface area contributed by atoms with E-state index in [0.29, 0.717) is 0 Å². The molecule has 2 fully saturated rings. The highest BCUT2D eigenvalue weighted by Gasteiger charge is 2.30. The Morgan fingerprint density at radius 2 is 1.83 bits per heavy atom. The zero-order valence-electron chi connectivity index (χ0n) is 10.9. The summed E-state index contributed by atoms with van der Waals surface area (Å²) in [6, 6.07) is 0. The molecule has 0 amide bonds. The maximum atomic E-state index is 13.8. The van der Waals surface area contributed by atoms with Crippen LogP contribution in [-0.4, -0.2) is 43.7 Å². The number of ether oxygens (including phenoxy) is 2. The third kappa shape index (κ3) is 3.42. The van der Waals surface area contributed by atoms with Gasteiger partial charge in [-0.25, -0.2) is 0 Å². The summed E-state index contributed by atoms with van der Waals surface area (Å²) in [5.74, 6) is -0.176. The van der Waals surface area contributed by atoms with Gasteiger partial charge in [0, 0.05) is 13.1 Å². The topological polar surface area (TPSA) is 38.8 Å². The van der Waals surface area contributed by atoms with Crippen LogP contribution < -0.4 is 0 Å². The molecule has 2 rings (SSSR count). The zero-order chi connectivity index (χ0) is 13.0. The number of alkyl halides is 1. The maximum absolute atomic E-state index is 13.8. The van der Waals surface area contributed by atoms with Crippen molar-refractivity contribution in [2.24, 2.45) is 5.92 Å². The number of hydrogen-bond donors (Lipinski definition) is 0. The second-order valence-corrected chi connectivity index (χ2v) is 5.17. The first kappa shape index (κ1) is 13.7. The Morgan fingerprint density at radius 3 is 2.39 bits per heavy atom. The van der Waals surface area contributed by atoms with Crippen molar-refractivity contribution in [3.8, 4) is 0 Å². The van der Waals surface area contributed by atoms with Crippen molar-refractivity contribution in [2.75, 3.05) is 20.2 Å². The summed E-state index contributed by atoms with van der Waals surface area (Å²) < 4.78 is 24.0. The summed E-state index contributed by atoms with van der Waals surface area (Å²) in [6.07, 6.45) is 5.02. The van der Waals surface area contributed by atoms with Gasteiger partial charge in [-0.1, -0.05) is 0 Å². The monoisotopic (exact) mass is 259 g/mol. The number of halogens is 1. The normalized spacial score (nSPS) is 31.2. The van der Waals surface area contributed by atoms with Crippen molar-refractivity contribution in [3.63, 3.8) is 0 Å². The van der Waals surface area contributed by atoms with Crippen molar-refractivity contribution >= 4 is 5.97 Å². The number of nitrogens with zero attached hydrogens (tertiary/aromatic N) is 1. The number of carbonyl (C=O) groups is 1. The summed E-state index contributed by atoms with van der Waals surface area (Å²) in [5.41, 5.74) is 0. The van der Waals surface area contributed by atoms with E-state index in [2.05, 4.69) is 0 Å². The second kappa shape index (κ2) is 6.48. The van der Waals surface area contributed by atoms with E-state index >= 15 is 0 Å². The van der Waals surface area contributed by atoms with Gasteiger partial charge in [0.2, 0.25) is 0 Å². The molecule has 0 aromatic heterocycles. The Hall–Kier alpha value is -0.680. The van der Waals surface area contributed by atoms with Crippen LogP contribution in [0.25, 0.3) is 0 Å². The molecule has 0 aromatic rings. The van der Waals surface area contributed by atoms with Gasteiger partial charge in [0.05, 0.1) is 19.1 Å². The van der Waals surface area contributed by atoms with E-state index in [1.807, 2.05) is 0 Å². The van der Waals surface area contributed by atoms with Crippen molar-refractivity contribution in [1.29, 1.82) is 0 Å². The van der Waals surface area contributed by atoms with Gasteiger partial charge in [0.25, 0.3) is 6.48 Å². The number of methoxy groups -OCH3 is 1. The highest BCUT2D eigenvalue weighted by Crippen LogP contribution is 2.28. The summed E-state index contributed by atoms with van der Waals surface area (Å²) in [4.78, 5) is 13.1. The fourth-order valence-electron chi connectivity index (χ4n) is 2.79. The molecule has 0 radical (unpaired) electrons. The summed E-state index contributed by atoms with van der Waals surface area (Å²) in [5, 5.41) is 0. The molecule has 4 nitrogen and oxygen atoms in total. The van der Waals surface area contributed by atoms with Crippen LogP contribution in [0, 0.1) is 5.92 Å². The minimum Gasteiger partial charge on any atom is -0.469 e. The minimum absolute atomic E-state index is 0.0281. The molecule has 1 aliphatic heterocycles. The molecule has 0 bridgehead atoms. The lowest BCUT2D eigenvalue weighted by Crippen LogP contribution is -2.36. The average Bonchev–Trinajstić information content (AvgIpc) is 2.92. The Labute approximate surface area is 107 Å². The minimum atomic E-state index is -1.27. The Balaban J connectivity index is 1.71. The van der Waals surface area contributed by atoms with Gasteiger partial charge in [0.1, 0.15) is 0 Å². The van der Waals surface area contributed by atoms with E-state index in [-0.39, 0.29) is 18.0 Å². The number of rotatable bonds is 4. The summed E-state index contributed by atoms with van der Waals surface area (Å²) in [7, 11) is 1.41. The number of hydrogen-bond acceptors (Lipinski definition) is 4. The van der Waals surface area contributed by atoms with Crippen LogP contribution in [0.5, 0.6) is 0 Å². The number of carbonyl (C=O) groups excluding carboxylic acids is 1. The van der Waals surface area contributed by atoms with E-state index in [0.717, 1.165) is 51.6 Å². The fraction of sp³-hybridized carbons (Fsp3) is 0.923. The predicted octanol–water partition coefficient (Wildman–Crippen LogP) is 2.08. The molecule has 1 atom stereocenters. The molecule has 1 heterocycles. The van der Waals surface area contributed by atoms with Gasteiger partial charge in [-0.15, -0.1) is 0 Å². The molecular weight excluding hydrogens is 237 g/mol. The molecule has 1 saturated carbocycles. The quantitative estimate of drug-likeness (QED) is 0.572. The molecule has 1 aliphatic carbocycles. The van der Waals surface area contributed by atoms with Crippen LogP contribution in [-0.2, 0) is 14.3 Å². The van der Waals surface area contributed by atoms with Crippen LogP contribution in [0.4, 0.5) is 4.39 Å². The average molecular weight is 259 g/mol. The molecule has 5 heteroatoms. The molecule has 18 heavy (non-hydrogen) atoms. The standard InChI is InChI=1S/C13H22FNO3/c1-17-12(16)10-4-6-11(7-5-10)18-13(14)15-8-2-3-9-15/h10-11,13H,2-9H2,1H3/t10-,11-,13?. The van der Waals surface area contributed by atoms with Crippen molar-refractivity contribution < 1.29 is 18.7 Å². The third-order valence-corrected chi connectivity index (χ3v) is 3.94. The first-order valence-electron chi connectivity index (χ1n) is 6.82. The van der Waals surface area contributed by atoms with Crippen LogP contribution in [0.2, 0.25) is 0 Å². The number of likely N-dealkylation sites (tertiary alicyclic amines) is 1. The van der Waals surface area contributed by atoms with Gasteiger partial charge < -0.3 is 9.47 Å². The summed E-state index contributed by atoms with van der Waals surface area (Å²) in [6.45, 7) is 0.310. The first-order valence-corrected chi connectivity index (χ1v) is 6.82. The van der Waals surface area contributed by atoms with Gasteiger partial charge >= 0.3 is 5.97 Å². The lowest BCUT2D eigenvalue weighted by atomic mass is 9.87. The van der Waals surface area contributed by atoms with Gasteiger partial charge in [0.15, 0.2) is 0 Å². The molecule has 1 unspecified atom stereocenters. The molecule has 104 valence electrons. The van der Waals surface area contributed by atoms with Crippen molar-refractivity contribution in [1.82, 2.24) is 4.90 Å². The van der Waals surface area contributed by atoms with Crippen molar-refractivity contribution in [2.45, 2.75) is 51.1 Å². The number of esters is 1. The van der Waals surface area contributed by atoms with E-state index in [4.69, 9.17) is 9.47 Å². The molecule has 0 spiro atoms. The van der Waals surface area contributed by atoms with Crippen LogP contribution in [0.3, 0.4) is 0 Å². The van der Waals surface area contributed by atoms with Gasteiger partial charge in [-0.05, 0) is 38.5 Å². The Morgan fingerprint density at radius 1 is 1.22 bits per heavy atom. The van der Waals surface area contributed by atoms with Gasteiger partial charge in [-0.2, -0.15) is 4.39 Å². The second-order valence-electron chi connectivity index (χ2n) is 5.17. The van der Waals surface area contributed by atoms with E-state index in [9.17, 15) is 9.18 Å². The fourth-order valence-corrected chi connectivity index (χ4v) is 2.79. The van der Waals surface area contributed by atoms with Crippen LogP contribution in [0.1, 0.15) is 38.5 Å². The van der Waals surface area contributed by atoms with E-state index in [1.165, 1.54) is 7.11 Å². The molecule has 0 aromatic carbocycles. The van der Waals surface area contributed by atoms with E-state index < -0.39 is 6.48 Å².